The third kappa shape index (κ3) is 2.44. The van der Waals surface area contributed by atoms with E-state index in [0.29, 0.717) is 11.6 Å². The summed E-state index contributed by atoms with van der Waals surface area (Å²) in [5.74, 6) is 0. The van der Waals surface area contributed by atoms with Gasteiger partial charge in [-0.2, -0.15) is 0 Å². The van der Waals surface area contributed by atoms with Crippen molar-refractivity contribution in [1.82, 2.24) is 10.2 Å². The van der Waals surface area contributed by atoms with E-state index < -0.39 is 0 Å². The predicted molar refractivity (Wildman–Crippen MR) is 58.0 cm³/mol. The molecule has 1 aliphatic rings. The van der Waals surface area contributed by atoms with Gasteiger partial charge >= 0.3 is 0 Å². The highest BCUT2D eigenvalue weighted by Gasteiger charge is 2.30. The smallest absolute Gasteiger partial charge is 0.0177 e. The highest BCUT2D eigenvalue weighted by molar-refractivity contribution is 4.88. The lowest BCUT2D eigenvalue weighted by molar-refractivity contribution is 0.0653. The van der Waals surface area contributed by atoms with Gasteiger partial charge in [0.25, 0.3) is 0 Å². The van der Waals surface area contributed by atoms with Gasteiger partial charge in [-0.05, 0) is 26.7 Å². The molecule has 0 bridgehead atoms. The topological polar surface area (TPSA) is 15.3 Å². The maximum atomic E-state index is 3.49. The number of hydrogen-bond acceptors (Lipinski definition) is 2. The number of nitrogens with zero attached hydrogens (tertiary/aromatic N) is 1. The molecule has 1 fully saturated rings. The summed E-state index contributed by atoms with van der Waals surface area (Å²) >= 11 is 0. The van der Waals surface area contributed by atoms with Crippen molar-refractivity contribution in [3.63, 3.8) is 0 Å². The molecule has 0 saturated carbocycles. The third-order valence-corrected chi connectivity index (χ3v) is 3.66. The third-order valence-electron chi connectivity index (χ3n) is 3.66. The van der Waals surface area contributed by atoms with Crippen LogP contribution in [-0.2, 0) is 0 Å². The van der Waals surface area contributed by atoms with Crippen molar-refractivity contribution < 1.29 is 0 Å². The van der Waals surface area contributed by atoms with Gasteiger partial charge in [0.1, 0.15) is 0 Å². The summed E-state index contributed by atoms with van der Waals surface area (Å²) in [5.41, 5.74) is 0.427. The Labute approximate surface area is 82.7 Å². The van der Waals surface area contributed by atoms with Crippen LogP contribution in [0.15, 0.2) is 0 Å². The molecule has 1 N–H and O–H groups in total. The summed E-state index contributed by atoms with van der Waals surface area (Å²) in [7, 11) is 0. The van der Waals surface area contributed by atoms with Crippen LogP contribution in [0.1, 0.15) is 40.5 Å². The molecule has 0 aromatic carbocycles. The molecular weight excluding hydrogens is 160 g/mol. The molecule has 13 heavy (non-hydrogen) atoms. The van der Waals surface area contributed by atoms with Gasteiger partial charge in [0.15, 0.2) is 0 Å². The second-order valence-electron chi connectivity index (χ2n) is 4.51. The van der Waals surface area contributed by atoms with Crippen molar-refractivity contribution in [2.75, 3.05) is 19.6 Å². The predicted octanol–water partition coefficient (Wildman–Crippen LogP) is 1.86. The molecule has 1 aliphatic heterocycles. The van der Waals surface area contributed by atoms with E-state index in [2.05, 4.69) is 37.9 Å². The van der Waals surface area contributed by atoms with Crippen molar-refractivity contribution in [1.29, 1.82) is 0 Å². The molecule has 0 aliphatic carbocycles. The van der Waals surface area contributed by atoms with Crippen LogP contribution in [0.2, 0.25) is 0 Å². The van der Waals surface area contributed by atoms with Crippen LogP contribution in [0.5, 0.6) is 0 Å². The lowest BCUT2D eigenvalue weighted by atomic mass is 9.92. The molecule has 0 amide bonds. The van der Waals surface area contributed by atoms with Crippen molar-refractivity contribution in [3.8, 4) is 0 Å². The van der Waals surface area contributed by atoms with Crippen molar-refractivity contribution in [2.45, 2.75) is 52.1 Å². The summed E-state index contributed by atoms with van der Waals surface area (Å²) in [6.45, 7) is 12.8. The summed E-state index contributed by atoms with van der Waals surface area (Å²) in [5, 5.41) is 3.49. The van der Waals surface area contributed by atoms with Crippen molar-refractivity contribution >= 4 is 0 Å². The maximum absolute atomic E-state index is 3.49. The molecule has 0 spiro atoms. The molecule has 0 aromatic rings. The average Bonchev–Trinajstić information content (AvgIpc) is 2.17. The molecule has 2 heteroatoms. The van der Waals surface area contributed by atoms with E-state index in [1.165, 1.54) is 25.9 Å². The van der Waals surface area contributed by atoms with Gasteiger partial charge in [-0.1, -0.05) is 13.8 Å². The van der Waals surface area contributed by atoms with Crippen molar-refractivity contribution in [3.05, 3.63) is 0 Å². The number of piperazine rings is 1. The minimum Gasteiger partial charge on any atom is -0.312 e. The van der Waals surface area contributed by atoms with Crippen LogP contribution < -0.4 is 5.32 Å². The van der Waals surface area contributed by atoms with E-state index in [0.717, 1.165) is 6.54 Å². The zero-order chi connectivity index (χ0) is 9.90. The highest BCUT2D eigenvalue weighted by Crippen LogP contribution is 2.24. The molecule has 1 rings (SSSR count). The summed E-state index contributed by atoms with van der Waals surface area (Å²) in [6, 6.07) is 0.658. The molecule has 0 radical (unpaired) electrons. The first kappa shape index (κ1) is 11.0. The Morgan fingerprint density at radius 3 is 2.46 bits per heavy atom. The Morgan fingerprint density at radius 2 is 2.00 bits per heavy atom. The quantitative estimate of drug-likeness (QED) is 0.720. The number of nitrogens with one attached hydrogen (secondary N) is 1. The first-order valence-corrected chi connectivity index (χ1v) is 5.61. The van der Waals surface area contributed by atoms with Gasteiger partial charge in [-0.3, -0.25) is 4.90 Å². The molecular formula is C11H24N2. The molecule has 1 saturated heterocycles. The van der Waals surface area contributed by atoms with Crippen LogP contribution in [0.25, 0.3) is 0 Å². The molecule has 2 nitrogen and oxygen atoms in total. The van der Waals surface area contributed by atoms with Gasteiger partial charge in [0.05, 0.1) is 0 Å². The summed E-state index contributed by atoms with van der Waals surface area (Å²) in [6.07, 6.45) is 2.52. The lowest BCUT2D eigenvalue weighted by Crippen LogP contribution is -2.57. The largest absolute Gasteiger partial charge is 0.312 e. The fraction of sp³-hybridized carbons (Fsp3) is 1.00. The standard InChI is InChI=1S/C11H24N2/c1-5-11(4,6-2)13-8-7-12-10(3)9-13/h10,12H,5-9H2,1-4H3. The van der Waals surface area contributed by atoms with Gasteiger partial charge in [0, 0.05) is 31.2 Å². The normalized spacial score (nSPS) is 26.3. The Kier molecular flexibility index (Phi) is 3.74. The Morgan fingerprint density at radius 1 is 1.38 bits per heavy atom. The van der Waals surface area contributed by atoms with Crippen LogP contribution in [-0.4, -0.2) is 36.1 Å². The minimum atomic E-state index is 0.427. The zero-order valence-electron chi connectivity index (χ0n) is 9.56. The van der Waals surface area contributed by atoms with E-state index in [-0.39, 0.29) is 0 Å². The maximum Gasteiger partial charge on any atom is 0.0177 e. The first-order chi connectivity index (χ1) is 6.12. The molecule has 78 valence electrons. The van der Waals surface area contributed by atoms with Crippen LogP contribution in [0.3, 0.4) is 0 Å². The van der Waals surface area contributed by atoms with Crippen LogP contribution in [0.4, 0.5) is 0 Å². The Bertz CT molecular complexity index is 152. The van der Waals surface area contributed by atoms with Crippen molar-refractivity contribution in [2.24, 2.45) is 0 Å². The van der Waals surface area contributed by atoms with Gasteiger partial charge in [0.2, 0.25) is 0 Å². The lowest BCUT2D eigenvalue weighted by Gasteiger charge is -2.44. The molecule has 1 heterocycles. The first-order valence-electron chi connectivity index (χ1n) is 5.61. The van der Waals surface area contributed by atoms with E-state index >= 15 is 0 Å². The van der Waals surface area contributed by atoms with Gasteiger partial charge in [-0.15, -0.1) is 0 Å². The monoisotopic (exact) mass is 184 g/mol. The van der Waals surface area contributed by atoms with Crippen LogP contribution in [0, 0.1) is 0 Å². The number of rotatable bonds is 3. The van der Waals surface area contributed by atoms with Gasteiger partial charge in [-0.25, -0.2) is 0 Å². The number of hydrogen-bond donors (Lipinski definition) is 1. The summed E-state index contributed by atoms with van der Waals surface area (Å²) in [4.78, 5) is 2.65. The Hall–Kier alpha value is -0.0800. The molecule has 0 aromatic heterocycles. The van der Waals surface area contributed by atoms with E-state index in [1.54, 1.807) is 0 Å². The zero-order valence-corrected chi connectivity index (χ0v) is 9.56. The van der Waals surface area contributed by atoms with E-state index in [4.69, 9.17) is 0 Å². The minimum absolute atomic E-state index is 0.427. The molecule has 1 unspecified atom stereocenters. The van der Waals surface area contributed by atoms with E-state index in [1.807, 2.05) is 0 Å². The average molecular weight is 184 g/mol. The molecule has 1 atom stereocenters. The summed E-state index contributed by atoms with van der Waals surface area (Å²) < 4.78 is 0. The van der Waals surface area contributed by atoms with Crippen LogP contribution >= 0.6 is 0 Å². The Balaban J connectivity index is 2.57. The SMILES string of the molecule is CCC(C)(CC)N1CCNC(C)C1. The fourth-order valence-corrected chi connectivity index (χ4v) is 2.12. The second kappa shape index (κ2) is 4.43. The fourth-order valence-electron chi connectivity index (χ4n) is 2.12. The second-order valence-corrected chi connectivity index (χ2v) is 4.51. The van der Waals surface area contributed by atoms with Gasteiger partial charge < -0.3 is 5.32 Å². The highest BCUT2D eigenvalue weighted by atomic mass is 15.2. The van der Waals surface area contributed by atoms with E-state index in [9.17, 15) is 0 Å².